The lowest BCUT2D eigenvalue weighted by molar-refractivity contribution is -0.138. The standard InChI is InChI=1S/C31H40ClNO5/c1-21(2)19-33(20-23-17-26(32)30-28(18-23)35-13-4-14-37-30)31(34)25-11-8-22(9-12-25)7-10-24-5-3-6-27-29(24)38-16-15-36-27/h3,5-6,17-18,21-22,25H,4,7-16,19-20H2,1-2H3. The van der Waals surface area contributed by atoms with Gasteiger partial charge in [0.25, 0.3) is 0 Å². The third-order valence-corrected chi connectivity index (χ3v) is 8.08. The maximum Gasteiger partial charge on any atom is 0.225 e. The van der Waals surface area contributed by atoms with Crippen LogP contribution in [0.4, 0.5) is 0 Å². The molecule has 206 valence electrons. The molecule has 1 fully saturated rings. The van der Waals surface area contributed by atoms with Crippen molar-refractivity contribution in [3.05, 3.63) is 46.5 Å². The predicted molar refractivity (Wildman–Crippen MR) is 149 cm³/mol. The number of para-hydroxylation sites is 1. The Kier molecular flexibility index (Phi) is 8.88. The second-order valence-corrected chi connectivity index (χ2v) is 11.7. The number of halogens is 1. The van der Waals surface area contributed by atoms with Crippen molar-refractivity contribution in [2.45, 2.75) is 65.3 Å². The summed E-state index contributed by atoms with van der Waals surface area (Å²) in [5, 5.41) is 0.550. The monoisotopic (exact) mass is 541 g/mol. The lowest BCUT2D eigenvalue weighted by atomic mass is 9.79. The van der Waals surface area contributed by atoms with E-state index in [-0.39, 0.29) is 11.8 Å². The van der Waals surface area contributed by atoms with E-state index in [2.05, 4.69) is 26.0 Å². The van der Waals surface area contributed by atoms with Crippen LogP contribution in [-0.4, -0.2) is 43.8 Å². The van der Waals surface area contributed by atoms with Gasteiger partial charge in [0.15, 0.2) is 23.0 Å². The van der Waals surface area contributed by atoms with E-state index in [1.807, 2.05) is 23.1 Å². The number of nitrogens with zero attached hydrogens (tertiary/aromatic N) is 1. The molecular formula is C31H40ClNO5. The summed E-state index contributed by atoms with van der Waals surface area (Å²) in [7, 11) is 0. The van der Waals surface area contributed by atoms with Gasteiger partial charge in [-0.1, -0.05) is 37.6 Å². The van der Waals surface area contributed by atoms with E-state index in [1.54, 1.807) is 0 Å². The summed E-state index contributed by atoms with van der Waals surface area (Å²) in [5.41, 5.74) is 2.22. The van der Waals surface area contributed by atoms with Gasteiger partial charge in [-0.05, 0) is 79.7 Å². The number of carbonyl (C=O) groups excluding carboxylic acids is 1. The molecule has 38 heavy (non-hydrogen) atoms. The Morgan fingerprint density at radius 1 is 0.947 bits per heavy atom. The number of carbonyl (C=O) groups is 1. The van der Waals surface area contributed by atoms with Gasteiger partial charge in [-0.3, -0.25) is 4.79 Å². The highest BCUT2D eigenvalue weighted by molar-refractivity contribution is 6.32. The number of benzene rings is 2. The summed E-state index contributed by atoms with van der Waals surface area (Å²) in [6.07, 6.45) is 7.02. The lowest BCUT2D eigenvalue weighted by Crippen LogP contribution is -2.39. The minimum Gasteiger partial charge on any atom is -0.489 e. The van der Waals surface area contributed by atoms with Gasteiger partial charge < -0.3 is 23.8 Å². The summed E-state index contributed by atoms with van der Waals surface area (Å²) in [6.45, 7) is 8.03. The minimum absolute atomic E-state index is 0.0853. The fourth-order valence-corrected chi connectivity index (χ4v) is 6.20. The van der Waals surface area contributed by atoms with Gasteiger partial charge >= 0.3 is 0 Å². The van der Waals surface area contributed by atoms with Crippen molar-refractivity contribution >= 4 is 17.5 Å². The summed E-state index contributed by atoms with van der Waals surface area (Å²) < 4.78 is 23.3. The fraction of sp³-hybridized carbons (Fsp3) is 0.581. The van der Waals surface area contributed by atoms with E-state index in [1.165, 1.54) is 5.56 Å². The van der Waals surface area contributed by atoms with E-state index in [0.29, 0.717) is 61.3 Å². The van der Waals surface area contributed by atoms with Crippen LogP contribution in [0.25, 0.3) is 0 Å². The molecule has 2 aromatic rings. The topological polar surface area (TPSA) is 57.2 Å². The first kappa shape index (κ1) is 27.0. The molecular weight excluding hydrogens is 502 g/mol. The van der Waals surface area contributed by atoms with Crippen LogP contribution in [0.3, 0.4) is 0 Å². The SMILES string of the molecule is CC(C)CN(Cc1cc(Cl)c2c(c1)OCCCO2)C(=O)C1CCC(CCc2cccc3c2OCCO3)CC1. The average Bonchev–Trinajstić information content (AvgIpc) is 3.17. The van der Waals surface area contributed by atoms with Crippen LogP contribution in [-0.2, 0) is 17.8 Å². The molecule has 5 rings (SSSR count). The fourth-order valence-electron chi connectivity index (χ4n) is 5.92. The number of aryl methyl sites for hydroxylation is 1. The molecule has 1 saturated carbocycles. The zero-order valence-electron chi connectivity index (χ0n) is 22.7. The maximum absolute atomic E-state index is 13.7. The van der Waals surface area contributed by atoms with Gasteiger partial charge in [0.05, 0.1) is 18.2 Å². The lowest BCUT2D eigenvalue weighted by Gasteiger charge is -2.33. The molecule has 0 radical (unpaired) electrons. The second-order valence-electron chi connectivity index (χ2n) is 11.3. The molecule has 6 nitrogen and oxygen atoms in total. The summed E-state index contributed by atoms with van der Waals surface area (Å²) in [5.74, 6) is 4.45. The molecule has 0 bridgehead atoms. The number of rotatable bonds is 8. The minimum atomic E-state index is 0.0853. The molecule has 2 aromatic carbocycles. The highest BCUT2D eigenvalue weighted by Crippen LogP contribution is 2.40. The van der Waals surface area contributed by atoms with Crippen LogP contribution in [0, 0.1) is 17.8 Å². The van der Waals surface area contributed by atoms with Crippen molar-refractivity contribution in [2.24, 2.45) is 17.8 Å². The van der Waals surface area contributed by atoms with Crippen molar-refractivity contribution < 1.29 is 23.7 Å². The average molecular weight is 542 g/mol. The maximum atomic E-state index is 13.7. The number of ether oxygens (including phenoxy) is 4. The Morgan fingerprint density at radius 3 is 2.50 bits per heavy atom. The molecule has 0 unspecified atom stereocenters. The smallest absolute Gasteiger partial charge is 0.225 e. The highest BCUT2D eigenvalue weighted by atomic mass is 35.5. The van der Waals surface area contributed by atoms with Crippen LogP contribution < -0.4 is 18.9 Å². The number of hydrogen-bond donors (Lipinski definition) is 0. The number of hydrogen-bond acceptors (Lipinski definition) is 5. The van der Waals surface area contributed by atoms with Crippen molar-refractivity contribution in [3.8, 4) is 23.0 Å². The normalized spacial score (nSPS) is 20.6. The molecule has 0 spiro atoms. The molecule has 0 atom stereocenters. The molecule has 1 aliphatic carbocycles. The molecule has 1 amide bonds. The molecule has 2 heterocycles. The van der Waals surface area contributed by atoms with Gasteiger partial charge in [-0.15, -0.1) is 0 Å². The Hall–Kier alpha value is -2.60. The van der Waals surface area contributed by atoms with E-state index < -0.39 is 0 Å². The molecule has 3 aliphatic rings. The van der Waals surface area contributed by atoms with Crippen molar-refractivity contribution in [3.63, 3.8) is 0 Å². The molecule has 0 aromatic heterocycles. The Morgan fingerprint density at radius 2 is 1.68 bits per heavy atom. The van der Waals surface area contributed by atoms with Crippen LogP contribution in [0.5, 0.6) is 23.0 Å². The van der Waals surface area contributed by atoms with E-state index in [4.69, 9.17) is 30.5 Å². The van der Waals surface area contributed by atoms with Gasteiger partial charge in [0.1, 0.15) is 13.2 Å². The summed E-state index contributed by atoms with van der Waals surface area (Å²) in [6, 6.07) is 10.1. The predicted octanol–water partition coefficient (Wildman–Crippen LogP) is 6.70. The third kappa shape index (κ3) is 6.51. The first-order valence-corrected chi connectivity index (χ1v) is 14.6. The molecule has 0 N–H and O–H groups in total. The third-order valence-electron chi connectivity index (χ3n) is 7.80. The van der Waals surface area contributed by atoms with Gasteiger partial charge in [0, 0.05) is 25.4 Å². The number of fused-ring (bicyclic) bond motifs is 2. The summed E-state index contributed by atoms with van der Waals surface area (Å²) >= 11 is 6.54. The molecule has 2 aliphatic heterocycles. The Labute approximate surface area is 231 Å². The quantitative estimate of drug-likeness (QED) is 0.372. The molecule has 7 heteroatoms. The van der Waals surface area contributed by atoms with Crippen LogP contribution >= 0.6 is 11.6 Å². The van der Waals surface area contributed by atoms with E-state index >= 15 is 0 Å². The van der Waals surface area contributed by atoms with Crippen molar-refractivity contribution in [1.29, 1.82) is 0 Å². The zero-order valence-corrected chi connectivity index (χ0v) is 23.4. The van der Waals surface area contributed by atoms with Gasteiger partial charge in [-0.25, -0.2) is 0 Å². The Bertz CT molecular complexity index is 1110. The first-order chi connectivity index (χ1) is 18.5. The largest absolute Gasteiger partial charge is 0.489 e. The Balaban J connectivity index is 1.18. The van der Waals surface area contributed by atoms with Crippen molar-refractivity contribution in [1.82, 2.24) is 4.90 Å². The van der Waals surface area contributed by atoms with Crippen LogP contribution in [0.1, 0.15) is 63.5 Å². The van der Waals surface area contributed by atoms with Crippen molar-refractivity contribution in [2.75, 3.05) is 33.0 Å². The molecule has 0 saturated heterocycles. The van der Waals surface area contributed by atoms with E-state index in [0.717, 1.165) is 68.6 Å². The number of amides is 1. The van der Waals surface area contributed by atoms with Crippen LogP contribution in [0.15, 0.2) is 30.3 Å². The van der Waals surface area contributed by atoms with Gasteiger partial charge in [-0.2, -0.15) is 0 Å². The summed E-state index contributed by atoms with van der Waals surface area (Å²) in [4.78, 5) is 15.7. The zero-order chi connectivity index (χ0) is 26.5. The first-order valence-electron chi connectivity index (χ1n) is 14.2. The van der Waals surface area contributed by atoms with Gasteiger partial charge in [0.2, 0.25) is 5.91 Å². The van der Waals surface area contributed by atoms with E-state index in [9.17, 15) is 4.79 Å². The second kappa shape index (κ2) is 12.5. The van der Waals surface area contributed by atoms with Crippen LogP contribution in [0.2, 0.25) is 5.02 Å². The highest BCUT2D eigenvalue weighted by Gasteiger charge is 2.30.